The third-order valence-corrected chi connectivity index (χ3v) is 6.09. The average molecular weight is 635 g/mol. The van der Waals surface area contributed by atoms with Crippen LogP contribution in [0.5, 0.6) is 5.75 Å². The fourth-order valence-corrected chi connectivity index (χ4v) is 3.90. The molecule has 0 radical (unpaired) electrons. The third-order valence-electron chi connectivity index (χ3n) is 5.10. The summed E-state index contributed by atoms with van der Waals surface area (Å²) in [5, 5.41) is 16.5. The molecule has 0 saturated carbocycles. The number of amides is 4. The number of nitrogens with one attached hydrogen (secondary N) is 3. The van der Waals surface area contributed by atoms with Crippen LogP contribution in [0.2, 0.25) is 0 Å². The molecular weight excluding hydrogens is 609 g/mol. The molecule has 1 aromatic carbocycles. The first-order valence-corrected chi connectivity index (χ1v) is 13.1. The van der Waals surface area contributed by atoms with Crippen molar-refractivity contribution in [2.24, 2.45) is 5.73 Å². The number of halogens is 3. The van der Waals surface area contributed by atoms with Crippen LogP contribution < -0.4 is 26.4 Å². The Hall–Kier alpha value is -3.21. The zero-order valence-corrected chi connectivity index (χ0v) is 23.3. The summed E-state index contributed by atoms with van der Waals surface area (Å²) in [6.45, 7) is 1.62. The van der Waals surface area contributed by atoms with Crippen LogP contribution in [0.15, 0.2) is 34.3 Å². The van der Waals surface area contributed by atoms with Crippen molar-refractivity contribution in [1.29, 1.82) is 5.26 Å². The standard InChI is InChI=1S/C23H26BrCl2N5O7/c1-12(20(28)32)31-21(33)14-9-17(36-16-3-2-13(11-27)8-15(16)24)19(38-23(35)30-7-5-26)18(10-14)37-22(34)29-6-4-25/h2-3,8-9,12,17-19H,4-7,10H2,1H3,(H2,28,32)(H,29,34)(H,30,35)(H,31,33)/t12-,17-,18-,19+/m1/s1. The van der Waals surface area contributed by atoms with Crippen molar-refractivity contribution < 1.29 is 33.4 Å². The average Bonchev–Trinajstić information content (AvgIpc) is 2.88. The first-order chi connectivity index (χ1) is 18.1. The minimum atomic E-state index is -1.22. The van der Waals surface area contributed by atoms with Crippen molar-refractivity contribution in [3.63, 3.8) is 0 Å². The van der Waals surface area contributed by atoms with E-state index in [1.165, 1.54) is 31.2 Å². The number of nitrogens with zero attached hydrogens (tertiary/aromatic N) is 1. The fourth-order valence-electron chi connectivity index (χ4n) is 3.24. The number of rotatable bonds is 11. The fraction of sp³-hybridized carbons (Fsp3) is 0.435. The molecule has 1 aliphatic carbocycles. The summed E-state index contributed by atoms with van der Waals surface area (Å²) in [6, 6.07) is 5.54. The van der Waals surface area contributed by atoms with Gasteiger partial charge >= 0.3 is 12.2 Å². The van der Waals surface area contributed by atoms with E-state index in [0.29, 0.717) is 10.0 Å². The van der Waals surface area contributed by atoms with Gasteiger partial charge in [-0.1, -0.05) is 0 Å². The van der Waals surface area contributed by atoms with E-state index in [9.17, 15) is 19.2 Å². The van der Waals surface area contributed by atoms with Gasteiger partial charge in [0.05, 0.1) is 16.1 Å². The number of benzene rings is 1. The predicted molar refractivity (Wildman–Crippen MR) is 141 cm³/mol. The van der Waals surface area contributed by atoms with Crippen molar-refractivity contribution in [1.82, 2.24) is 16.0 Å². The zero-order valence-electron chi connectivity index (χ0n) is 20.2. The van der Waals surface area contributed by atoms with Crippen LogP contribution in [0.1, 0.15) is 18.9 Å². The summed E-state index contributed by atoms with van der Waals surface area (Å²) >= 11 is 14.6. The van der Waals surface area contributed by atoms with Gasteiger partial charge in [0.15, 0.2) is 12.2 Å². The van der Waals surface area contributed by atoms with Crippen molar-refractivity contribution in [3.05, 3.63) is 39.9 Å². The van der Waals surface area contributed by atoms with Crippen LogP contribution >= 0.6 is 39.1 Å². The zero-order chi connectivity index (χ0) is 28.2. The van der Waals surface area contributed by atoms with E-state index < -0.39 is 48.4 Å². The van der Waals surface area contributed by atoms with Crippen LogP contribution in [0.4, 0.5) is 9.59 Å². The van der Waals surface area contributed by atoms with Gasteiger partial charge in [-0.25, -0.2) is 9.59 Å². The molecule has 1 aromatic rings. The Kier molecular flexibility index (Phi) is 12.5. The lowest BCUT2D eigenvalue weighted by molar-refractivity contribution is -0.125. The second-order valence-electron chi connectivity index (χ2n) is 7.88. The Labute approximate surface area is 237 Å². The molecule has 0 unspecified atom stereocenters. The summed E-state index contributed by atoms with van der Waals surface area (Å²) < 4.78 is 17.5. The molecule has 206 valence electrons. The van der Waals surface area contributed by atoms with Crippen molar-refractivity contribution in [2.45, 2.75) is 37.7 Å². The van der Waals surface area contributed by atoms with Crippen LogP contribution in [0.25, 0.3) is 0 Å². The highest BCUT2D eigenvalue weighted by Crippen LogP contribution is 2.32. The van der Waals surface area contributed by atoms with Gasteiger partial charge in [-0.05, 0) is 47.1 Å². The van der Waals surface area contributed by atoms with Gasteiger partial charge in [0.2, 0.25) is 11.8 Å². The summed E-state index contributed by atoms with van der Waals surface area (Å²) in [5.74, 6) is -0.922. The van der Waals surface area contributed by atoms with Crippen molar-refractivity contribution >= 4 is 63.1 Å². The van der Waals surface area contributed by atoms with E-state index in [4.69, 9.17) is 48.4 Å². The van der Waals surface area contributed by atoms with E-state index in [1.54, 1.807) is 0 Å². The van der Waals surface area contributed by atoms with Gasteiger partial charge < -0.3 is 35.9 Å². The van der Waals surface area contributed by atoms with E-state index in [-0.39, 0.29) is 42.6 Å². The normalized spacial score (nSPS) is 19.1. The summed E-state index contributed by atoms with van der Waals surface area (Å²) in [5.41, 5.74) is 5.69. The lowest BCUT2D eigenvalue weighted by Gasteiger charge is -2.36. The van der Waals surface area contributed by atoms with Gasteiger partial charge in [-0.3, -0.25) is 9.59 Å². The number of primary amides is 1. The quantitative estimate of drug-likeness (QED) is 0.267. The highest BCUT2D eigenvalue weighted by Gasteiger charge is 2.42. The van der Waals surface area contributed by atoms with Gasteiger partial charge in [0.25, 0.3) is 0 Å². The van der Waals surface area contributed by atoms with E-state index >= 15 is 0 Å². The lowest BCUT2D eigenvalue weighted by Crippen LogP contribution is -2.52. The number of nitrogens with two attached hydrogens (primary N) is 1. The molecule has 0 saturated heterocycles. The number of nitriles is 1. The minimum Gasteiger partial charge on any atom is -0.481 e. The van der Waals surface area contributed by atoms with E-state index in [2.05, 4.69) is 31.9 Å². The maximum absolute atomic E-state index is 12.9. The van der Waals surface area contributed by atoms with Crippen LogP contribution in [-0.2, 0) is 19.1 Å². The first kappa shape index (κ1) is 31.0. The Morgan fingerprint density at radius 3 is 2.34 bits per heavy atom. The van der Waals surface area contributed by atoms with E-state index in [0.717, 1.165) is 0 Å². The second-order valence-corrected chi connectivity index (χ2v) is 9.49. The van der Waals surface area contributed by atoms with Crippen LogP contribution in [0, 0.1) is 11.3 Å². The first-order valence-electron chi connectivity index (χ1n) is 11.3. The Morgan fingerprint density at radius 2 is 1.79 bits per heavy atom. The molecule has 38 heavy (non-hydrogen) atoms. The SMILES string of the molecule is C[C@@H](NC(=O)C1=C[C@@H](Oc2ccc(C#N)cc2Br)[C@H](OC(=O)NCCCl)[C@H](OC(=O)NCCCl)C1)C(N)=O. The molecule has 0 fully saturated rings. The van der Waals surface area contributed by atoms with Crippen molar-refractivity contribution in [3.8, 4) is 11.8 Å². The molecule has 5 N–H and O–H groups in total. The topological polar surface area (TPSA) is 182 Å². The molecule has 1 aliphatic rings. The van der Waals surface area contributed by atoms with E-state index in [1.807, 2.05) is 6.07 Å². The Bertz CT molecular complexity index is 1110. The molecule has 4 amide bonds. The molecule has 0 bridgehead atoms. The second kappa shape index (κ2) is 15.3. The highest BCUT2D eigenvalue weighted by atomic mass is 79.9. The summed E-state index contributed by atoms with van der Waals surface area (Å²) in [6.07, 6.45) is -4.08. The third kappa shape index (κ3) is 9.27. The molecule has 0 aliphatic heterocycles. The monoisotopic (exact) mass is 633 g/mol. The van der Waals surface area contributed by atoms with Gasteiger partial charge in [-0.15, -0.1) is 23.2 Å². The number of hydrogen-bond acceptors (Lipinski definition) is 8. The smallest absolute Gasteiger partial charge is 0.407 e. The molecule has 12 nitrogen and oxygen atoms in total. The Balaban J connectivity index is 2.47. The number of alkyl carbamates (subject to hydrolysis) is 2. The maximum Gasteiger partial charge on any atom is 0.407 e. The molecule has 15 heteroatoms. The number of carbonyl (C=O) groups excluding carboxylic acids is 4. The van der Waals surface area contributed by atoms with Gasteiger partial charge in [-0.2, -0.15) is 5.26 Å². The predicted octanol–water partition coefficient (Wildman–Crippen LogP) is 2.06. The van der Waals surface area contributed by atoms with Gasteiger partial charge in [0.1, 0.15) is 17.9 Å². The molecule has 4 atom stereocenters. The summed E-state index contributed by atoms with van der Waals surface area (Å²) in [7, 11) is 0. The van der Waals surface area contributed by atoms with Gasteiger partial charge in [0, 0.05) is 36.8 Å². The number of hydrogen-bond donors (Lipinski definition) is 4. The van der Waals surface area contributed by atoms with Crippen LogP contribution in [0.3, 0.4) is 0 Å². The maximum atomic E-state index is 12.9. The van der Waals surface area contributed by atoms with Crippen LogP contribution in [-0.4, -0.2) is 73.2 Å². The molecule has 0 spiro atoms. The van der Waals surface area contributed by atoms with Crippen molar-refractivity contribution in [2.75, 3.05) is 24.8 Å². The Morgan fingerprint density at radius 1 is 1.16 bits per heavy atom. The minimum absolute atomic E-state index is 0.0871. The lowest BCUT2D eigenvalue weighted by atomic mass is 9.91. The molecular formula is C23H26BrCl2N5O7. The summed E-state index contributed by atoms with van der Waals surface area (Å²) in [4.78, 5) is 49.2. The molecule has 0 aromatic heterocycles. The largest absolute Gasteiger partial charge is 0.481 e. The number of alkyl halides is 2. The number of ether oxygens (including phenoxy) is 3. The number of carbonyl (C=O) groups is 4. The molecule has 0 heterocycles. The molecule has 2 rings (SSSR count). The highest BCUT2D eigenvalue weighted by molar-refractivity contribution is 9.10.